The number of rotatable bonds is 4. The van der Waals surface area contributed by atoms with Crippen molar-refractivity contribution >= 4 is 23.9 Å². The van der Waals surface area contributed by atoms with Gasteiger partial charge in [-0.2, -0.15) is 0 Å². The van der Waals surface area contributed by atoms with Crippen molar-refractivity contribution in [1.82, 2.24) is 0 Å². The molecule has 0 bridgehead atoms. The van der Waals surface area contributed by atoms with Gasteiger partial charge >= 0.3 is 0 Å². The molecule has 0 unspecified atom stereocenters. The molecule has 0 atom stereocenters. The van der Waals surface area contributed by atoms with Crippen LogP contribution >= 0.6 is 0 Å². The lowest BCUT2D eigenvalue weighted by molar-refractivity contribution is -0.535. The maximum atomic E-state index is 6.45. The highest BCUT2D eigenvalue weighted by Crippen LogP contribution is 2.32. The first-order chi connectivity index (χ1) is 16.3. The number of nitrogens with zero attached hydrogens (tertiary/aromatic N) is 2. The van der Waals surface area contributed by atoms with E-state index in [-0.39, 0.29) is 0 Å². The molecule has 0 radical (unpaired) electrons. The molecule has 0 spiro atoms. The summed E-state index contributed by atoms with van der Waals surface area (Å²) in [6.45, 7) is 4.58. The van der Waals surface area contributed by atoms with Crippen molar-refractivity contribution in [1.29, 1.82) is 0 Å². The fourth-order valence-corrected chi connectivity index (χ4v) is 4.83. The third kappa shape index (κ3) is 5.60. The van der Waals surface area contributed by atoms with Crippen LogP contribution in [0.4, 0.5) is 0 Å². The van der Waals surface area contributed by atoms with Gasteiger partial charge < -0.3 is 4.74 Å². The second-order valence-electron chi connectivity index (χ2n) is 9.21. The van der Waals surface area contributed by atoms with E-state index >= 15 is 0 Å². The van der Waals surface area contributed by atoms with E-state index in [2.05, 4.69) is 94.4 Å². The first-order valence-corrected chi connectivity index (χ1v) is 12.5. The third-order valence-electron chi connectivity index (χ3n) is 6.67. The lowest BCUT2D eigenvalue weighted by Gasteiger charge is -2.20. The highest BCUT2D eigenvalue weighted by molar-refractivity contribution is 6.03. The molecule has 2 aromatic rings. The minimum atomic E-state index is 0.906. The van der Waals surface area contributed by atoms with Gasteiger partial charge in [-0.05, 0) is 25.0 Å². The smallest absolute Gasteiger partial charge is 0.177 e. The summed E-state index contributed by atoms with van der Waals surface area (Å²) in [5.74, 6) is 1.81. The van der Waals surface area contributed by atoms with E-state index in [9.17, 15) is 0 Å². The average molecular weight is 439 g/mol. The molecule has 3 heterocycles. The molecular formula is C30H34N2O+2. The number of hydrogen-bond acceptors (Lipinski definition) is 1. The van der Waals surface area contributed by atoms with Gasteiger partial charge in [-0.3, -0.25) is 0 Å². The Morgan fingerprint density at radius 1 is 0.576 bits per heavy atom. The van der Waals surface area contributed by atoms with E-state index in [1.807, 2.05) is 0 Å². The molecule has 3 aliphatic heterocycles. The van der Waals surface area contributed by atoms with Crippen molar-refractivity contribution in [2.45, 2.75) is 38.5 Å². The number of piperidine rings is 2. The van der Waals surface area contributed by atoms with E-state index < -0.39 is 0 Å². The first-order valence-electron chi connectivity index (χ1n) is 12.5. The quantitative estimate of drug-likeness (QED) is 0.540. The van der Waals surface area contributed by atoms with E-state index in [0.717, 1.165) is 48.8 Å². The fourth-order valence-electron chi connectivity index (χ4n) is 4.83. The molecule has 168 valence electrons. The van der Waals surface area contributed by atoms with Crippen LogP contribution in [0.25, 0.3) is 11.5 Å². The number of hydrogen-bond donors (Lipinski definition) is 0. The van der Waals surface area contributed by atoms with Crippen molar-refractivity contribution < 1.29 is 13.9 Å². The van der Waals surface area contributed by atoms with Crippen molar-refractivity contribution in [3.8, 4) is 0 Å². The second kappa shape index (κ2) is 10.6. The summed E-state index contributed by atoms with van der Waals surface area (Å²) < 4.78 is 11.5. The van der Waals surface area contributed by atoms with Crippen LogP contribution in [0, 0.1) is 0 Å². The van der Waals surface area contributed by atoms with Crippen LogP contribution in [-0.2, 0) is 4.74 Å². The average Bonchev–Trinajstić information content (AvgIpc) is 2.90. The summed E-state index contributed by atoms with van der Waals surface area (Å²) in [7, 11) is 0. The highest BCUT2D eigenvalue weighted by Gasteiger charge is 2.21. The molecule has 3 heteroatoms. The summed E-state index contributed by atoms with van der Waals surface area (Å²) >= 11 is 0. The molecule has 0 aromatic heterocycles. The van der Waals surface area contributed by atoms with Crippen LogP contribution in [0.3, 0.4) is 0 Å². The standard InChI is InChI=1S/C30H34N2O/c1-5-13-25(14-6-1)29-21-27(22-30(33-29)26-15-7-2-8-16-26)28(23-31-17-9-3-10-18-31)24-32-19-11-4-12-20-32/h1-2,5-8,13-16,21-24H,3-4,9-12,17-20H2/q+2. The largest absolute Gasteiger partial charge is 0.456 e. The Kier molecular flexibility index (Phi) is 6.96. The van der Waals surface area contributed by atoms with Crippen LogP contribution in [0.2, 0.25) is 0 Å². The number of ether oxygens (including phenoxy) is 1. The normalized spacial score (nSPS) is 18.7. The van der Waals surface area contributed by atoms with Crippen LogP contribution in [0.5, 0.6) is 0 Å². The highest BCUT2D eigenvalue weighted by atomic mass is 16.5. The summed E-state index contributed by atoms with van der Waals surface area (Å²) in [5, 5.41) is 0. The van der Waals surface area contributed by atoms with Gasteiger partial charge in [0.05, 0.1) is 0 Å². The Balaban J connectivity index is 1.64. The van der Waals surface area contributed by atoms with Crippen LogP contribution < -0.4 is 0 Å². The Morgan fingerprint density at radius 3 is 1.42 bits per heavy atom. The van der Waals surface area contributed by atoms with E-state index in [1.165, 1.54) is 49.7 Å². The van der Waals surface area contributed by atoms with Gasteiger partial charge in [-0.15, -0.1) is 0 Å². The molecule has 2 saturated heterocycles. The van der Waals surface area contributed by atoms with Gasteiger partial charge in [-0.25, -0.2) is 9.15 Å². The Hall–Kier alpha value is -3.20. The van der Waals surface area contributed by atoms with Crippen molar-refractivity contribution in [3.63, 3.8) is 0 Å². The Morgan fingerprint density at radius 2 is 1.00 bits per heavy atom. The zero-order chi connectivity index (χ0) is 22.3. The van der Waals surface area contributed by atoms with Gasteiger partial charge in [0.25, 0.3) is 0 Å². The van der Waals surface area contributed by atoms with E-state index in [4.69, 9.17) is 4.74 Å². The maximum absolute atomic E-state index is 6.45. The molecule has 0 N–H and O–H groups in total. The van der Waals surface area contributed by atoms with Crippen molar-refractivity contribution in [3.05, 3.63) is 95.1 Å². The molecule has 3 nitrogen and oxygen atoms in total. The van der Waals surface area contributed by atoms with Gasteiger partial charge in [0.1, 0.15) is 43.3 Å². The Labute approximate surface area is 197 Å². The van der Waals surface area contributed by atoms with Gasteiger partial charge in [-0.1, -0.05) is 60.7 Å². The van der Waals surface area contributed by atoms with Gasteiger partial charge in [0, 0.05) is 42.4 Å². The lowest BCUT2D eigenvalue weighted by atomic mass is 10.0. The minimum absolute atomic E-state index is 0.906. The number of allylic oxidation sites excluding steroid dienone is 4. The van der Waals surface area contributed by atoms with Crippen molar-refractivity contribution in [2.75, 3.05) is 26.2 Å². The summed E-state index contributed by atoms with van der Waals surface area (Å²) in [5.41, 5.74) is 4.71. The predicted octanol–water partition coefficient (Wildman–Crippen LogP) is 5.93. The Bertz CT molecular complexity index is 1020. The molecule has 2 fully saturated rings. The zero-order valence-corrected chi connectivity index (χ0v) is 19.5. The lowest BCUT2D eigenvalue weighted by Crippen LogP contribution is -2.25. The molecular weight excluding hydrogens is 404 g/mol. The molecule has 0 amide bonds. The maximum Gasteiger partial charge on any atom is 0.177 e. The SMILES string of the molecule is C1=C(c2ccccc2)OC(c2ccccc2)=CC1=C(C=[N+]1CCCCC1)C=[N+]1CCCCC1. The molecule has 33 heavy (non-hydrogen) atoms. The van der Waals surface area contributed by atoms with Gasteiger partial charge in [0.2, 0.25) is 0 Å². The molecule has 3 aliphatic rings. The predicted molar refractivity (Wildman–Crippen MR) is 137 cm³/mol. The van der Waals surface area contributed by atoms with Crippen molar-refractivity contribution in [2.24, 2.45) is 0 Å². The molecule has 2 aromatic carbocycles. The number of benzene rings is 2. The van der Waals surface area contributed by atoms with Crippen LogP contribution in [0.1, 0.15) is 49.7 Å². The second-order valence-corrected chi connectivity index (χ2v) is 9.21. The summed E-state index contributed by atoms with van der Waals surface area (Å²) in [6.07, 6.45) is 17.0. The molecule has 0 aliphatic carbocycles. The molecule has 0 saturated carbocycles. The minimum Gasteiger partial charge on any atom is -0.456 e. The zero-order valence-electron chi connectivity index (χ0n) is 19.5. The monoisotopic (exact) mass is 438 g/mol. The topological polar surface area (TPSA) is 15.2 Å². The van der Waals surface area contributed by atoms with Gasteiger partial charge in [0.15, 0.2) is 12.4 Å². The molecule has 5 rings (SSSR count). The van der Waals surface area contributed by atoms with E-state index in [1.54, 1.807) is 0 Å². The summed E-state index contributed by atoms with van der Waals surface area (Å²) in [4.78, 5) is 0. The third-order valence-corrected chi connectivity index (χ3v) is 6.67. The fraction of sp³-hybridized carbons (Fsp3) is 0.333. The van der Waals surface area contributed by atoms with Crippen LogP contribution in [-0.4, -0.2) is 47.8 Å². The summed E-state index contributed by atoms with van der Waals surface area (Å²) in [6, 6.07) is 20.9. The first kappa shape index (κ1) is 21.6. The van der Waals surface area contributed by atoms with E-state index in [0.29, 0.717) is 0 Å². The van der Waals surface area contributed by atoms with Crippen LogP contribution in [0.15, 0.2) is 84.0 Å².